The van der Waals surface area contributed by atoms with Crippen molar-refractivity contribution >= 4 is 16.7 Å². The highest BCUT2D eigenvalue weighted by Gasteiger charge is 2.06. The molecule has 0 aliphatic carbocycles. The fourth-order valence-electron chi connectivity index (χ4n) is 2.16. The third kappa shape index (κ3) is 4.83. The van der Waals surface area contributed by atoms with Gasteiger partial charge in [0.25, 0.3) is 0 Å². The van der Waals surface area contributed by atoms with Gasteiger partial charge in [-0.2, -0.15) is 0 Å². The molecule has 2 aromatic rings. The lowest BCUT2D eigenvalue weighted by Gasteiger charge is -2.12. The third-order valence-electron chi connectivity index (χ3n) is 3.36. The molecule has 4 heteroatoms. The summed E-state index contributed by atoms with van der Waals surface area (Å²) in [6.07, 6.45) is 0. The average molecular weight is 314 g/mol. The van der Waals surface area contributed by atoms with Crippen LogP contribution in [0.4, 0.5) is 0 Å². The Bertz CT molecular complexity index is 691. The highest BCUT2D eigenvalue weighted by atomic mass is 16.6. The van der Waals surface area contributed by atoms with Crippen molar-refractivity contribution in [3.05, 3.63) is 54.1 Å². The smallest absolute Gasteiger partial charge is 0.333 e. The molecule has 0 spiro atoms. The molecule has 2 rings (SSSR count). The van der Waals surface area contributed by atoms with Crippen molar-refractivity contribution in [2.24, 2.45) is 0 Å². The van der Waals surface area contributed by atoms with Crippen molar-refractivity contribution in [1.29, 1.82) is 0 Å². The van der Waals surface area contributed by atoms with Gasteiger partial charge < -0.3 is 14.2 Å². The molecule has 23 heavy (non-hydrogen) atoms. The number of fused-ring (bicyclic) bond motifs is 1. The summed E-state index contributed by atoms with van der Waals surface area (Å²) in [5, 5.41) is 2.25. The molecule has 0 fully saturated rings. The summed E-state index contributed by atoms with van der Waals surface area (Å²) in [7, 11) is 0. The van der Waals surface area contributed by atoms with Crippen molar-refractivity contribution in [3.8, 4) is 5.75 Å². The summed E-state index contributed by atoms with van der Waals surface area (Å²) in [6, 6.07) is 12.3. The van der Waals surface area contributed by atoms with Crippen LogP contribution in [0.3, 0.4) is 0 Å². The molecule has 0 heterocycles. The zero-order chi connectivity index (χ0) is 16.7. The molecule has 0 saturated heterocycles. The Morgan fingerprint density at radius 2 is 1.78 bits per heavy atom. The molecule has 122 valence electrons. The molecule has 0 N–H and O–H groups in total. The second-order valence-corrected chi connectivity index (χ2v) is 5.31. The summed E-state index contributed by atoms with van der Waals surface area (Å²) in [6.45, 7) is 8.61. The predicted octanol–water partition coefficient (Wildman–Crippen LogP) is 3.66. The van der Waals surface area contributed by atoms with Crippen LogP contribution in [0, 0.1) is 6.92 Å². The van der Waals surface area contributed by atoms with E-state index in [1.165, 1.54) is 0 Å². The second kappa shape index (κ2) is 8.34. The van der Waals surface area contributed by atoms with Gasteiger partial charge in [-0.05, 0) is 24.8 Å². The van der Waals surface area contributed by atoms with Gasteiger partial charge in [-0.25, -0.2) is 4.79 Å². The first-order valence-electron chi connectivity index (χ1n) is 7.61. The number of aryl methyl sites for hydroxylation is 1. The topological polar surface area (TPSA) is 44.8 Å². The van der Waals surface area contributed by atoms with Crippen LogP contribution in [-0.2, 0) is 14.3 Å². The van der Waals surface area contributed by atoms with Crippen LogP contribution in [0.1, 0.15) is 12.5 Å². The van der Waals surface area contributed by atoms with Crippen LogP contribution in [0.15, 0.2) is 48.6 Å². The second-order valence-electron chi connectivity index (χ2n) is 5.31. The van der Waals surface area contributed by atoms with Crippen molar-refractivity contribution in [2.45, 2.75) is 13.8 Å². The maximum Gasteiger partial charge on any atom is 0.333 e. The summed E-state index contributed by atoms with van der Waals surface area (Å²) in [4.78, 5) is 11.2. The quantitative estimate of drug-likeness (QED) is 0.424. The zero-order valence-electron chi connectivity index (χ0n) is 13.6. The van der Waals surface area contributed by atoms with E-state index >= 15 is 0 Å². The van der Waals surface area contributed by atoms with Crippen molar-refractivity contribution in [1.82, 2.24) is 0 Å². The number of rotatable bonds is 8. The minimum Gasteiger partial charge on any atom is -0.490 e. The summed E-state index contributed by atoms with van der Waals surface area (Å²) >= 11 is 0. The number of hydrogen-bond acceptors (Lipinski definition) is 4. The molecular formula is C19H22O4. The molecule has 4 nitrogen and oxygen atoms in total. The van der Waals surface area contributed by atoms with Crippen LogP contribution >= 0.6 is 0 Å². The minimum atomic E-state index is -0.392. The minimum absolute atomic E-state index is 0.221. The van der Waals surface area contributed by atoms with Crippen LogP contribution in [-0.4, -0.2) is 32.4 Å². The summed E-state index contributed by atoms with van der Waals surface area (Å²) < 4.78 is 16.2. The number of carbonyl (C=O) groups is 1. The Morgan fingerprint density at radius 1 is 1.04 bits per heavy atom. The molecule has 0 atom stereocenters. The lowest BCUT2D eigenvalue weighted by molar-refractivity contribution is -0.140. The van der Waals surface area contributed by atoms with E-state index in [1.807, 2.05) is 19.1 Å². The molecule has 0 saturated carbocycles. The predicted molar refractivity (Wildman–Crippen MR) is 90.8 cm³/mol. The zero-order valence-corrected chi connectivity index (χ0v) is 13.6. The van der Waals surface area contributed by atoms with Gasteiger partial charge in [0.05, 0.1) is 13.2 Å². The fraction of sp³-hybridized carbons (Fsp3) is 0.316. The van der Waals surface area contributed by atoms with Gasteiger partial charge in [-0.3, -0.25) is 0 Å². The molecular weight excluding hydrogens is 292 g/mol. The van der Waals surface area contributed by atoms with Gasteiger partial charge in [-0.1, -0.05) is 43.0 Å². The highest BCUT2D eigenvalue weighted by Crippen LogP contribution is 2.29. The SMILES string of the molecule is C=C(C)C(=O)OCCOCCOc1c(C)ccc2ccccc12. The molecule has 0 amide bonds. The van der Waals surface area contributed by atoms with E-state index in [9.17, 15) is 4.79 Å². The lowest BCUT2D eigenvalue weighted by atomic mass is 10.1. The largest absolute Gasteiger partial charge is 0.490 e. The standard InChI is InChI=1S/C19H22O4/c1-14(2)19(20)23-13-11-21-10-12-22-18-15(3)8-9-16-6-4-5-7-17(16)18/h4-9H,1,10-13H2,2-3H3. The third-order valence-corrected chi connectivity index (χ3v) is 3.36. The van der Waals surface area contributed by atoms with Crippen LogP contribution in [0.25, 0.3) is 10.8 Å². The van der Waals surface area contributed by atoms with Gasteiger partial charge >= 0.3 is 5.97 Å². The number of esters is 1. The molecule has 0 aliphatic rings. The van der Waals surface area contributed by atoms with E-state index in [0.717, 1.165) is 22.1 Å². The summed E-state index contributed by atoms with van der Waals surface area (Å²) in [5.41, 5.74) is 1.49. The molecule has 0 bridgehead atoms. The Balaban J connectivity index is 1.76. The van der Waals surface area contributed by atoms with Gasteiger partial charge in [0.2, 0.25) is 0 Å². The maximum absolute atomic E-state index is 11.2. The van der Waals surface area contributed by atoms with Gasteiger partial charge in [0, 0.05) is 11.0 Å². The average Bonchev–Trinajstić information content (AvgIpc) is 2.55. The first kappa shape index (κ1) is 17.0. The first-order chi connectivity index (χ1) is 11.1. The van der Waals surface area contributed by atoms with E-state index in [-0.39, 0.29) is 6.61 Å². The number of benzene rings is 2. The number of ether oxygens (including phenoxy) is 3. The molecule has 2 aromatic carbocycles. The monoisotopic (exact) mass is 314 g/mol. The Kier molecular flexibility index (Phi) is 6.18. The van der Waals surface area contributed by atoms with Gasteiger partial charge in [0.1, 0.15) is 19.0 Å². The van der Waals surface area contributed by atoms with Crippen LogP contribution in [0.5, 0.6) is 5.75 Å². The normalized spacial score (nSPS) is 10.5. The molecule has 0 unspecified atom stereocenters. The van der Waals surface area contributed by atoms with Crippen LogP contribution in [0.2, 0.25) is 0 Å². The van der Waals surface area contributed by atoms with Crippen LogP contribution < -0.4 is 4.74 Å². The number of carbonyl (C=O) groups excluding carboxylic acids is 1. The van der Waals surface area contributed by atoms with Crippen molar-refractivity contribution in [3.63, 3.8) is 0 Å². The van der Waals surface area contributed by atoms with E-state index < -0.39 is 5.97 Å². The van der Waals surface area contributed by atoms with E-state index in [1.54, 1.807) is 6.92 Å². The molecule has 0 aliphatic heterocycles. The van der Waals surface area contributed by atoms with E-state index in [0.29, 0.717) is 25.4 Å². The Labute approximate surface area is 136 Å². The summed E-state index contributed by atoms with van der Waals surface area (Å²) in [5.74, 6) is 0.497. The van der Waals surface area contributed by atoms with Crippen molar-refractivity contribution in [2.75, 3.05) is 26.4 Å². The maximum atomic E-state index is 11.2. The highest BCUT2D eigenvalue weighted by molar-refractivity contribution is 5.89. The molecule has 0 radical (unpaired) electrons. The molecule has 0 aromatic heterocycles. The van der Waals surface area contributed by atoms with Gasteiger partial charge in [-0.15, -0.1) is 0 Å². The van der Waals surface area contributed by atoms with Gasteiger partial charge in [0.15, 0.2) is 0 Å². The first-order valence-corrected chi connectivity index (χ1v) is 7.61. The number of hydrogen-bond donors (Lipinski definition) is 0. The van der Waals surface area contributed by atoms with E-state index in [4.69, 9.17) is 14.2 Å². The lowest BCUT2D eigenvalue weighted by Crippen LogP contribution is -2.14. The Morgan fingerprint density at radius 3 is 2.57 bits per heavy atom. The van der Waals surface area contributed by atoms with E-state index in [2.05, 4.69) is 30.8 Å². The fourth-order valence-corrected chi connectivity index (χ4v) is 2.16. The van der Waals surface area contributed by atoms with Crippen molar-refractivity contribution < 1.29 is 19.0 Å². The Hall–Kier alpha value is -2.33.